The van der Waals surface area contributed by atoms with E-state index in [1.54, 1.807) is 0 Å². The molecule has 0 unspecified atom stereocenters. The highest BCUT2D eigenvalue weighted by Crippen LogP contribution is 2.17. The Morgan fingerprint density at radius 3 is 2.44 bits per heavy atom. The summed E-state index contributed by atoms with van der Waals surface area (Å²) in [5.74, 6) is 4.02. The summed E-state index contributed by atoms with van der Waals surface area (Å²) in [5.41, 5.74) is 0. The Bertz CT molecular complexity index is 370. The molecular weight excluding hydrogens is 230 g/mol. The minimum absolute atomic E-state index is 0.259. The maximum atomic E-state index is 9.63. The standard InChI is InChI=1S/C14H19NO3/c1-3-9-15-10-12(16)11-18-14-7-5-13(6-8-14)17-4-2/h1,5-8,12,15-16H,4,9-11H2,2H3/p+1/t12-/m0/s1. The molecule has 0 fully saturated rings. The van der Waals surface area contributed by atoms with Gasteiger partial charge in [0.05, 0.1) is 6.61 Å². The van der Waals surface area contributed by atoms with Crippen LogP contribution in [0, 0.1) is 12.3 Å². The van der Waals surface area contributed by atoms with Crippen LogP contribution in [0.2, 0.25) is 0 Å². The summed E-state index contributed by atoms with van der Waals surface area (Å²) in [4.78, 5) is 0. The van der Waals surface area contributed by atoms with Gasteiger partial charge in [-0.05, 0) is 37.1 Å². The van der Waals surface area contributed by atoms with Crippen molar-refractivity contribution >= 4 is 0 Å². The highest BCUT2D eigenvalue weighted by atomic mass is 16.5. The minimum atomic E-state index is -0.523. The number of benzene rings is 1. The molecule has 0 spiro atoms. The van der Waals surface area contributed by atoms with Crippen molar-refractivity contribution < 1.29 is 19.9 Å². The minimum Gasteiger partial charge on any atom is -0.494 e. The Morgan fingerprint density at radius 2 is 1.89 bits per heavy atom. The second-order valence-electron chi connectivity index (χ2n) is 3.80. The number of hydrogen-bond donors (Lipinski definition) is 2. The number of terminal acetylenes is 1. The second-order valence-corrected chi connectivity index (χ2v) is 3.80. The number of aliphatic hydroxyl groups is 1. The van der Waals surface area contributed by atoms with Crippen molar-refractivity contribution in [1.82, 2.24) is 0 Å². The van der Waals surface area contributed by atoms with Gasteiger partial charge in [0.15, 0.2) is 0 Å². The first-order valence-corrected chi connectivity index (χ1v) is 6.05. The van der Waals surface area contributed by atoms with Crippen LogP contribution in [-0.2, 0) is 0 Å². The van der Waals surface area contributed by atoms with Crippen LogP contribution in [0.5, 0.6) is 11.5 Å². The Hall–Kier alpha value is -1.70. The van der Waals surface area contributed by atoms with Gasteiger partial charge in [0.1, 0.15) is 37.3 Å². The summed E-state index contributed by atoms with van der Waals surface area (Å²) >= 11 is 0. The molecule has 0 heterocycles. The molecule has 3 N–H and O–H groups in total. The Morgan fingerprint density at radius 1 is 1.28 bits per heavy atom. The van der Waals surface area contributed by atoms with E-state index in [4.69, 9.17) is 15.9 Å². The number of hydrogen-bond acceptors (Lipinski definition) is 3. The fraction of sp³-hybridized carbons (Fsp3) is 0.429. The molecule has 18 heavy (non-hydrogen) atoms. The zero-order valence-corrected chi connectivity index (χ0v) is 10.6. The van der Waals surface area contributed by atoms with Crippen LogP contribution >= 0.6 is 0 Å². The van der Waals surface area contributed by atoms with Crippen LogP contribution in [0.1, 0.15) is 6.92 Å². The molecule has 1 atom stereocenters. The average Bonchev–Trinajstić information content (AvgIpc) is 2.39. The van der Waals surface area contributed by atoms with Crippen molar-refractivity contribution in [2.24, 2.45) is 0 Å². The van der Waals surface area contributed by atoms with Gasteiger partial charge in [0.2, 0.25) is 0 Å². The van der Waals surface area contributed by atoms with E-state index in [0.717, 1.165) is 11.5 Å². The Balaban J connectivity index is 2.28. The molecule has 1 aromatic rings. The van der Waals surface area contributed by atoms with Gasteiger partial charge < -0.3 is 19.9 Å². The van der Waals surface area contributed by atoms with Gasteiger partial charge in [-0.2, -0.15) is 0 Å². The number of ether oxygens (including phenoxy) is 2. The lowest BCUT2D eigenvalue weighted by Crippen LogP contribution is -2.86. The van der Waals surface area contributed by atoms with Crippen molar-refractivity contribution in [3.05, 3.63) is 24.3 Å². The highest BCUT2D eigenvalue weighted by molar-refractivity contribution is 5.31. The highest BCUT2D eigenvalue weighted by Gasteiger charge is 2.06. The molecule has 1 aromatic carbocycles. The van der Waals surface area contributed by atoms with Gasteiger partial charge in [-0.25, -0.2) is 0 Å². The van der Waals surface area contributed by atoms with Gasteiger partial charge in [0, 0.05) is 0 Å². The van der Waals surface area contributed by atoms with Crippen molar-refractivity contribution in [2.45, 2.75) is 13.0 Å². The lowest BCUT2D eigenvalue weighted by atomic mass is 10.3. The fourth-order valence-corrected chi connectivity index (χ4v) is 1.42. The summed E-state index contributed by atoms with van der Waals surface area (Å²) < 4.78 is 10.8. The van der Waals surface area contributed by atoms with Crippen molar-refractivity contribution in [3.63, 3.8) is 0 Å². The van der Waals surface area contributed by atoms with Crippen LogP contribution in [0.3, 0.4) is 0 Å². The number of nitrogens with two attached hydrogens (primary N) is 1. The monoisotopic (exact) mass is 250 g/mol. The molecular formula is C14H20NO3+. The maximum Gasteiger partial charge on any atom is 0.137 e. The molecule has 0 aliphatic carbocycles. The summed E-state index contributed by atoms with van der Waals surface area (Å²) in [7, 11) is 0. The largest absolute Gasteiger partial charge is 0.494 e. The molecule has 98 valence electrons. The zero-order chi connectivity index (χ0) is 13.2. The van der Waals surface area contributed by atoms with Crippen LogP contribution in [0.4, 0.5) is 0 Å². The lowest BCUT2D eigenvalue weighted by Gasteiger charge is -2.11. The van der Waals surface area contributed by atoms with E-state index >= 15 is 0 Å². The zero-order valence-electron chi connectivity index (χ0n) is 10.6. The quantitative estimate of drug-likeness (QED) is 0.505. The van der Waals surface area contributed by atoms with Crippen LogP contribution in [0.25, 0.3) is 0 Å². The number of aliphatic hydroxyl groups excluding tert-OH is 1. The molecule has 0 aliphatic rings. The van der Waals surface area contributed by atoms with Crippen molar-refractivity contribution in [2.75, 3.05) is 26.3 Å². The van der Waals surface area contributed by atoms with E-state index in [2.05, 4.69) is 5.92 Å². The number of rotatable bonds is 8. The van der Waals surface area contributed by atoms with Crippen LogP contribution in [0.15, 0.2) is 24.3 Å². The molecule has 4 nitrogen and oxygen atoms in total. The van der Waals surface area contributed by atoms with Gasteiger partial charge in [-0.15, -0.1) is 6.42 Å². The third-order valence-corrected chi connectivity index (χ3v) is 2.28. The van der Waals surface area contributed by atoms with Gasteiger partial charge in [-0.1, -0.05) is 0 Å². The molecule has 0 amide bonds. The molecule has 0 saturated carbocycles. The summed E-state index contributed by atoms with van der Waals surface area (Å²) in [6, 6.07) is 7.33. The average molecular weight is 250 g/mol. The molecule has 0 bridgehead atoms. The van der Waals surface area contributed by atoms with E-state index in [0.29, 0.717) is 19.7 Å². The summed E-state index contributed by atoms with van der Waals surface area (Å²) in [6.07, 6.45) is 4.59. The predicted octanol–water partition coefficient (Wildman–Crippen LogP) is 0.0216. The van der Waals surface area contributed by atoms with E-state index in [1.165, 1.54) is 0 Å². The second kappa shape index (κ2) is 8.40. The summed E-state index contributed by atoms with van der Waals surface area (Å²) in [5, 5.41) is 11.5. The maximum absolute atomic E-state index is 9.63. The first-order valence-electron chi connectivity index (χ1n) is 6.05. The topological polar surface area (TPSA) is 55.3 Å². The molecule has 1 rings (SSSR count). The predicted molar refractivity (Wildman–Crippen MR) is 69.6 cm³/mol. The normalized spacial score (nSPS) is 11.6. The van der Waals surface area contributed by atoms with Gasteiger partial charge in [-0.3, -0.25) is 0 Å². The van der Waals surface area contributed by atoms with Gasteiger partial charge >= 0.3 is 0 Å². The molecule has 0 saturated heterocycles. The fourth-order valence-electron chi connectivity index (χ4n) is 1.42. The molecule has 0 aliphatic heterocycles. The van der Waals surface area contributed by atoms with Crippen molar-refractivity contribution in [3.8, 4) is 23.8 Å². The smallest absolute Gasteiger partial charge is 0.137 e. The first-order chi connectivity index (χ1) is 8.76. The SMILES string of the molecule is C#CC[NH2+]C[C@H](O)COc1ccc(OCC)cc1. The lowest BCUT2D eigenvalue weighted by molar-refractivity contribution is -0.650. The van der Waals surface area contributed by atoms with E-state index in [9.17, 15) is 5.11 Å². The van der Waals surface area contributed by atoms with Crippen molar-refractivity contribution in [1.29, 1.82) is 0 Å². The Kier molecular flexibility index (Phi) is 6.70. The van der Waals surface area contributed by atoms with Gasteiger partial charge in [0.25, 0.3) is 0 Å². The van der Waals surface area contributed by atoms with Crippen LogP contribution in [-0.4, -0.2) is 37.5 Å². The summed E-state index contributed by atoms with van der Waals surface area (Å²) in [6.45, 7) is 3.95. The van der Waals surface area contributed by atoms with Crippen LogP contribution < -0.4 is 14.8 Å². The molecule has 0 radical (unpaired) electrons. The molecule has 4 heteroatoms. The van der Waals surface area contributed by atoms with E-state index in [-0.39, 0.29) is 6.61 Å². The van der Waals surface area contributed by atoms with E-state index < -0.39 is 6.10 Å². The third-order valence-electron chi connectivity index (χ3n) is 2.28. The Labute approximate surface area is 108 Å². The first kappa shape index (κ1) is 14.4. The number of quaternary nitrogens is 1. The van der Waals surface area contributed by atoms with E-state index in [1.807, 2.05) is 36.5 Å². The molecule has 0 aromatic heterocycles. The third kappa shape index (κ3) is 5.58.